The summed E-state index contributed by atoms with van der Waals surface area (Å²) in [6.45, 7) is 0. The van der Waals surface area contributed by atoms with Gasteiger partial charge in [-0.05, 0) is 42.5 Å². The van der Waals surface area contributed by atoms with Gasteiger partial charge in [0.05, 0.1) is 11.9 Å². The van der Waals surface area contributed by atoms with E-state index in [4.69, 9.17) is 0 Å². The molecule has 0 spiro atoms. The number of phenolic OH excluding ortho intramolecular Hbond substituents is 1. The fourth-order valence-electron chi connectivity index (χ4n) is 2.17. The molecule has 7 nitrogen and oxygen atoms in total. The van der Waals surface area contributed by atoms with E-state index in [1.54, 1.807) is 18.2 Å². The molecule has 2 aromatic carbocycles. The molecule has 0 aliphatic heterocycles. The summed E-state index contributed by atoms with van der Waals surface area (Å²) in [5.41, 5.74) is 2.61. The van der Waals surface area contributed by atoms with E-state index in [-0.39, 0.29) is 17.1 Å². The van der Waals surface area contributed by atoms with Crippen LogP contribution in [0.2, 0.25) is 0 Å². The van der Waals surface area contributed by atoms with Gasteiger partial charge in [0.15, 0.2) is 0 Å². The first-order valence-corrected chi connectivity index (χ1v) is 7.51. The molecule has 0 saturated carbocycles. The van der Waals surface area contributed by atoms with Crippen LogP contribution < -0.4 is 11.1 Å². The summed E-state index contributed by atoms with van der Waals surface area (Å²) < 4.78 is 13.0. The van der Waals surface area contributed by atoms with Gasteiger partial charge in [0, 0.05) is 11.1 Å². The van der Waals surface area contributed by atoms with E-state index in [0.717, 1.165) is 0 Å². The fraction of sp³-hybridized carbons (Fsp3) is 0. The van der Waals surface area contributed by atoms with Gasteiger partial charge >= 0.3 is 5.69 Å². The van der Waals surface area contributed by atoms with E-state index < -0.39 is 17.4 Å². The molecule has 1 amide bonds. The van der Waals surface area contributed by atoms with Crippen molar-refractivity contribution in [2.75, 3.05) is 0 Å². The van der Waals surface area contributed by atoms with E-state index in [1.807, 2.05) is 0 Å². The van der Waals surface area contributed by atoms with E-state index in [1.165, 1.54) is 42.6 Å². The van der Waals surface area contributed by atoms with Crippen molar-refractivity contribution < 1.29 is 14.3 Å². The third-order valence-corrected chi connectivity index (χ3v) is 3.44. The number of hydrogen-bond donors (Lipinski definition) is 3. The third-order valence-electron chi connectivity index (χ3n) is 3.44. The maximum Gasteiger partial charge on any atom is 0.346 e. The van der Waals surface area contributed by atoms with Crippen molar-refractivity contribution in [3.63, 3.8) is 0 Å². The first-order valence-electron chi connectivity index (χ1n) is 7.51. The Morgan fingerprint density at radius 1 is 1.19 bits per heavy atom. The highest BCUT2D eigenvalue weighted by molar-refractivity contribution is 5.94. The lowest BCUT2D eigenvalue weighted by Gasteiger charge is -2.04. The maximum absolute atomic E-state index is 13.0. The highest BCUT2D eigenvalue weighted by Crippen LogP contribution is 2.16. The number of halogens is 1. The quantitative estimate of drug-likeness (QED) is 0.493. The van der Waals surface area contributed by atoms with Crippen LogP contribution >= 0.6 is 0 Å². The zero-order valence-electron chi connectivity index (χ0n) is 13.3. The second-order valence-electron chi connectivity index (χ2n) is 5.25. The number of hydrogen-bond acceptors (Lipinski definition) is 5. The van der Waals surface area contributed by atoms with E-state index in [2.05, 4.69) is 20.5 Å². The minimum atomic E-state index is -0.721. The molecule has 0 saturated heterocycles. The first-order chi connectivity index (χ1) is 12.5. The molecule has 1 heterocycles. The Hall–Kier alpha value is -3.81. The minimum absolute atomic E-state index is 0.0152. The molecule has 26 heavy (non-hydrogen) atoms. The van der Waals surface area contributed by atoms with Crippen LogP contribution in [-0.2, 0) is 0 Å². The Morgan fingerprint density at radius 2 is 1.92 bits per heavy atom. The van der Waals surface area contributed by atoms with E-state index in [0.29, 0.717) is 11.1 Å². The second-order valence-corrected chi connectivity index (χ2v) is 5.25. The van der Waals surface area contributed by atoms with Crippen LogP contribution in [0.5, 0.6) is 5.75 Å². The predicted molar refractivity (Wildman–Crippen MR) is 93.4 cm³/mol. The molecule has 3 N–H and O–H groups in total. The summed E-state index contributed by atoms with van der Waals surface area (Å²) in [4.78, 5) is 30.0. The lowest BCUT2D eigenvalue weighted by Crippen LogP contribution is -2.24. The van der Waals surface area contributed by atoms with Crippen molar-refractivity contribution in [2.24, 2.45) is 5.10 Å². The van der Waals surface area contributed by atoms with Gasteiger partial charge in [0.25, 0.3) is 5.91 Å². The molecular formula is C18H13FN4O3. The van der Waals surface area contributed by atoms with Crippen LogP contribution in [0.15, 0.2) is 64.5 Å². The summed E-state index contributed by atoms with van der Waals surface area (Å²) in [5.74, 6) is -1.07. The van der Waals surface area contributed by atoms with Crippen molar-refractivity contribution in [3.05, 3.63) is 82.2 Å². The highest BCUT2D eigenvalue weighted by atomic mass is 19.1. The first kappa shape index (κ1) is 17.0. The molecular weight excluding hydrogens is 339 g/mol. The normalized spacial score (nSPS) is 10.8. The largest absolute Gasteiger partial charge is 0.507 e. The average Bonchev–Trinajstić information content (AvgIpc) is 2.63. The van der Waals surface area contributed by atoms with Gasteiger partial charge in [-0.15, -0.1) is 0 Å². The minimum Gasteiger partial charge on any atom is -0.507 e. The van der Waals surface area contributed by atoms with E-state index >= 15 is 0 Å². The monoisotopic (exact) mass is 352 g/mol. The number of aromatic hydroxyl groups is 1. The Labute approximate surface area is 146 Å². The number of nitrogens with one attached hydrogen (secondary N) is 2. The lowest BCUT2D eigenvalue weighted by molar-refractivity contribution is 0.0949. The van der Waals surface area contributed by atoms with Gasteiger partial charge in [0.1, 0.15) is 17.3 Å². The van der Waals surface area contributed by atoms with E-state index in [9.17, 15) is 19.1 Å². The summed E-state index contributed by atoms with van der Waals surface area (Å²) in [5, 5.41) is 13.4. The number of aromatic nitrogens is 2. The topological polar surface area (TPSA) is 107 Å². The molecule has 8 heteroatoms. The molecule has 0 bridgehead atoms. The lowest BCUT2D eigenvalue weighted by atomic mass is 10.1. The fourth-order valence-corrected chi connectivity index (χ4v) is 2.17. The summed E-state index contributed by atoms with van der Waals surface area (Å²) in [6.07, 6.45) is 1.27. The standard InChI is InChI=1S/C18H13FN4O3/c19-13-7-5-11(6-8-13)14-9-15(22-18(26)21-14)17(25)23-20-10-12-3-1-2-4-16(12)24/h1-10,24H,(H,23,25)(H,21,22,26)/b20-10+. The molecule has 0 aliphatic carbocycles. The molecule has 3 rings (SSSR count). The van der Waals surface area contributed by atoms with Crippen LogP contribution in [0, 0.1) is 5.82 Å². The molecule has 3 aromatic rings. The van der Waals surface area contributed by atoms with Crippen molar-refractivity contribution in [1.82, 2.24) is 15.4 Å². The van der Waals surface area contributed by atoms with Gasteiger partial charge < -0.3 is 10.1 Å². The SMILES string of the molecule is O=C(N/N=C/c1ccccc1O)c1cc(-c2ccc(F)cc2)nc(=O)[nH]1. The molecule has 0 aliphatic rings. The van der Waals surface area contributed by atoms with Crippen LogP contribution in [0.1, 0.15) is 16.1 Å². The number of carbonyl (C=O) groups excluding carboxylic acids is 1. The Kier molecular flexibility index (Phi) is 4.84. The molecule has 1 aromatic heterocycles. The molecule has 0 radical (unpaired) electrons. The number of hydrazone groups is 1. The van der Waals surface area contributed by atoms with Gasteiger partial charge in [0.2, 0.25) is 0 Å². The smallest absolute Gasteiger partial charge is 0.346 e. The zero-order valence-corrected chi connectivity index (χ0v) is 13.3. The van der Waals surface area contributed by atoms with Gasteiger partial charge in [-0.25, -0.2) is 14.6 Å². The number of phenols is 1. The number of aromatic amines is 1. The Morgan fingerprint density at radius 3 is 2.65 bits per heavy atom. The highest BCUT2D eigenvalue weighted by Gasteiger charge is 2.10. The third kappa shape index (κ3) is 3.99. The number of benzene rings is 2. The van der Waals surface area contributed by atoms with Crippen LogP contribution in [-0.4, -0.2) is 27.2 Å². The molecule has 130 valence electrons. The zero-order chi connectivity index (χ0) is 18.5. The number of rotatable bonds is 4. The molecule has 0 fully saturated rings. The van der Waals surface area contributed by atoms with Gasteiger partial charge in [-0.3, -0.25) is 4.79 Å². The van der Waals surface area contributed by atoms with Crippen molar-refractivity contribution in [3.8, 4) is 17.0 Å². The Bertz CT molecular complexity index is 1030. The van der Waals surface area contributed by atoms with Crippen LogP contribution in [0.25, 0.3) is 11.3 Å². The second kappa shape index (κ2) is 7.39. The number of carbonyl (C=O) groups is 1. The van der Waals surface area contributed by atoms with Gasteiger partial charge in [-0.1, -0.05) is 12.1 Å². The van der Waals surface area contributed by atoms with Crippen molar-refractivity contribution in [1.29, 1.82) is 0 Å². The van der Waals surface area contributed by atoms with Crippen LogP contribution in [0.3, 0.4) is 0 Å². The Balaban J connectivity index is 1.80. The van der Waals surface area contributed by atoms with Crippen molar-refractivity contribution in [2.45, 2.75) is 0 Å². The number of para-hydroxylation sites is 1. The maximum atomic E-state index is 13.0. The summed E-state index contributed by atoms with van der Waals surface area (Å²) in [7, 11) is 0. The van der Waals surface area contributed by atoms with Crippen LogP contribution in [0.4, 0.5) is 4.39 Å². The van der Waals surface area contributed by atoms with Crippen molar-refractivity contribution >= 4 is 12.1 Å². The average molecular weight is 352 g/mol. The number of amides is 1. The predicted octanol–water partition coefficient (Wildman–Crippen LogP) is 2.05. The molecule has 0 unspecified atom stereocenters. The van der Waals surface area contributed by atoms with Gasteiger partial charge in [-0.2, -0.15) is 10.1 Å². The summed E-state index contributed by atoms with van der Waals surface area (Å²) in [6, 6.07) is 13.2. The number of H-pyrrole nitrogens is 1. The number of nitrogens with zero attached hydrogens (tertiary/aromatic N) is 2. The summed E-state index contributed by atoms with van der Waals surface area (Å²) >= 11 is 0. The molecule has 0 atom stereocenters.